The van der Waals surface area contributed by atoms with Crippen molar-refractivity contribution in [1.82, 2.24) is 9.78 Å². The Morgan fingerprint density at radius 3 is 1.46 bits per heavy atom. The number of hydrogen-bond donors (Lipinski definition) is 0. The molecular formula is C23H19BrN2. The lowest BCUT2D eigenvalue weighted by molar-refractivity contribution is 0.460. The van der Waals surface area contributed by atoms with Gasteiger partial charge in [-0.15, -0.1) is 0 Å². The van der Waals surface area contributed by atoms with E-state index in [-0.39, 0.29) is 0 Å². The molecule has 0 aliphatic rings. The second-order valence-electron chi connectivity index (χ2n) is 6.24. The van der Waals surface area contributed by atoms with Crippen molar-refractivity contribution < 1.29 is 0 Å². The van der Waals surface area contributed by atoms with Crippen LogP contribution in [0.3, 0.4) is 0 Å². The molecule has 128 valence electrons. The molecule has 2 nitrogen and oxygen atoms in total. The van der Waals surface area contributed by atoms with Crippen molar-refractivity contribution in [2.24, 2.45) is 0 Å². The number of alkyl halides is 1. The van der Waals surface area contributed by atoms with Gasteiger partial charge in [0.1, 0.15) is 5.54 Å². The topological polar surface area (TPSA) is 17.8 Å². The van der Waals surface area contributed by atoms with Crippen LogP contribution in [-0.2, 0) is 10.9 Å². The van der Waals surface area contributed by atoms with Gasteiger partial charge in [0.15, 0.2) is 0 Å². The third-order valence-electron chi connectivity index (χ3n) is 4.71. The first-order chi connectivity index (χ1) is 12.9. The van der Waals surface area contributed by atoms with E-state index in [2.05, 4.69) is 118 Å². The van der Waals surface area contributed by atoms with Crippen LogP contribution in [0.4, 0.5) is 0 Å². The molecule has 26 heavy (non-hydrogen) atoms. The molecule has 1 heterocycles. The fourth-order valence-electron chi connectivity index (χ4n) is 3.55. The van der Waals surface area contributed by atoms with Crippen molar-refractivity contribution in [1.29, 1.82) is 0 Å². The van der Waals surface area contributed by atoms with E-state index >= 15 is 0 Å². The number of nitrogens with zero attached hydrogens (tertiary/aromatic N) is 2. The first-order valence-electron chi connectivity index (χ1n) is 8.62. The molecule has 0 unspecified atom stereocenters. The molecule has 0 atom stereocenters. The van der Waals surface area contributed by atoms with Crippen molar-refractivity contribution in [3.8, 4) is 0 Å². The lowest BCUT2D eigenvalue weighted by atomic mass is 9.77. The molecule has 4 aromatic rings. The van der Waals surface area contributed by atoms with E-state index in [9.17, 15) is 0 Å². The summed E-state index contributed by atoms with van der Waals surface area (Å²) in [5.41, 5.74) is 4.17. The monoisotopic (exact) mass is 402 g/mol. The van der Waals surface area contributed by atoms with Crippen LogP contribution in [-0.4, -0.2) is 9.78 Å². The predicted octanol–water partition coefficient (Wildman–Crippen LogP) is 5.62. The number of rotatable bonds is 5. The smallest absolute Gasteiger partial charge is 0.138 e. The van der Waals surface area contributed by atoms with E-state index < -0.39 is 5.54 Å². The molecule has 4 rings (SSSR count). The van der Waals surface area contributed by atoms with Crippen LogP contribution in [0.2, 0.25) is 0 Å². The molecule has 0 amide bonds. The molecule has 0 aliphatic carbocycles. The SMILES string of the molecule is BrCc1cnn(C(c2ccccc2)(c2ccccc2)c2ccccc2)c1. The van der Waals surface area contributed by atoms with Crippen LogP contribution in [0.5, 0.6) is 0 Å². The van der Waals surface area contributed by atoms with Gasteiger partial charge in [-0.05, 0) is 16.7 Å². The largest absolute Gasteiger partial charge is 0.253 e. The standard InChI is InChI=1S/C23H19BrN2/c24-16-19-17-25-26(18-19)23(20-10-4-1-5-11-20,21-12-6-2-7-13-21)22-14-8-3-9-15-22/h1-15,17-18H,16H2. The first-order valence-corrected chi connectivity index (χ1v) is 9.74. The van der Waals surface area contributed by atoms with Crippen LogP contribution in [0.25, 0.3) is 0 Å². The van der Waals surface area contributed by atoms with Crippen LogP contribution in [0.1, 0.15) is 22.3 Å². The van der Waals surface area contributed by atoms with Gasteiger partial charge < -0.3 is 0 Å². The number of aromatic nitrogens is 2. The summed E-state index contributed by atoms with van der Waals surface area (Å²) in [6.07, 6.45) is 4.06. The fourth-order valence-corrected chi connectivity index (χ4v) is 3.84. The van der Waals surface area contributed by atoms with Gasteiger partial charge in [0, 0.05) is 17.1 Å². The molecule has 0 aliphatic heterocycles. The van der Waals surface area contributed by atoms with Crippen LogP contribution in [0, 0.1) is 0 Å². The summed E-state index contributed by atoms with van der Waals surface area (Å²) in [5.74, 6) is 0. The Labute approximate surface area is 162 Å². The van der Waals surface area contributed by atoms with Crippen molar-refractivity contribution in [3.05, 3.63) is 126 Å². The van der Waals surface area contributed by atoms with E-state index in [4.69, 9.17) is 5.10 Å². The highest BCUT2D eigenvalue weighted by Crippen LogP contribution is 2.40. The zero-order valence-electron chi connectivity index (χ0n) is 14.3. The molecule has 0 bridgehead atoms. The molecule has 0 saturated heterocycles. The molecule has 3 aromatic carbocycles. The molecule has 1 aromatic heterocycles. The summed E-state index contributed by atoms with van der Waals surface area (Å²) in [6.45, 7) is 0. The summed E-state index contributed by atoms with van der Waals surface area (Å²) < 4.78 is 2.09. The van der Waals surface area contributed by atoms with E-state index in [0.717, 1.165) is 10.9 Å². The lowest BCUT2D eigenvalue weighted by Crippen LogP contribution is -2.38. The highest BCUT2D eigenvalue weighted by atomic mass is 79.9. The van der Waals surface area contributed by atoms with Gasteiger partial charge in [-0.2, -0.15) is 5.10 Å². The highest BCUT2D eigenvalue weighted by Gasteiger charge is 2.39. The van der Waals surface area contributed by atoms with Crippen LogP contribution < -0.4 is 0 Å². The Hall–Kier alpha value is -2.65. The molecule has 0 saturated carbocycles. The highest BCUT2D eigenvalue weighted by molar-refractivity contribution is 9.08. The maximum absolute atomic E-state index is 4.78. The minimum absolute atomic E-state index is 0.524. The van der Waals surface area contributed by atoms with Gasteiger partial charge in [0.05, 0.1) is 6.20 Å². The van der Waals surface area contributed by atoms with Gasteiger partial charge in [-0.3, -0.25) is 4.68 Å². The molecule has 3 heteroatoms. The van der Waals surface area contributed by atoms with Crippen LogP contribution >= 0.6 is 15.9 Å². The minimum atomic E-state index is -0.524. The van der Waals surface area contributed by atoms with Gasteiger partial charge in [-0.25, -0.2) is 0 Å². The van der Waals surface area contributed by atoms with E-state index in [1.165, 1.54) is 16.7 Å². The van der Waals surface area contributed by atoms with Crippen molar-refractivity contribution in [2.45, 2.75) is 10.9 Å². The summed E-state index contributed by atoms with van der Waals surface area (Å²) in [4.78, 5) is 0. The zero-order chi connectivity index (χ0) is 17.8. The Morgan fingerprint density at radius 1 is 0.692 bits per heavy atom. The number of hydrogen-bond acceptors (Lipinski definition) is 1. The third kappa shape index (κ3) is 2.78. The predicted molar refractivity (Wildman–Crippen MR) is 109 cm³/mol. The molecule has 0 fully saturated rings. The van der Waals surface area contributed by atoms with Gasteiger partial charge in [-0.1, -0.05) is 107 Å². The fraction of sp³-hybridized carbons (Fsp3) is 0.0870. The van der Waals surface area contributed by atoms with E-state index in [1.54, 1.807) is 0 Å². The normalized spacial score (nSPS) is 11.4. The average Bonchev–Trinajstić information content (AvgIpc) is 3.21. The van der Waals surface area contributed by atoms with Crippen LogP contribution in [0.15, 0.2) is 103 Å². The van der Waals surface area contributed by atoms with E-state index in [1.807, 2.05) is 6.20 Å². The maximum Gasteiger partial charge on any atom is 0.138 e. The maximum atomic E-state index is 4.78. The second kappa shape index (κ2) is 7.30. The molecular weight excluding hydrogens is 384 g/mol. The average molecular weight is 403 g/mol. The Morgan fingerprint density at radius 2 is 1.12 bits per heavy atom. The van der Waals surface area contributed by atoms with Crippen molar-refractivity contribution >= 4 is 15.9 Å². The van der Waals surface area contributed by atoms with E-state index in [0.29, 0.717) is 0 Å². The summed E-state index contributed by atoms with van der Waals surface area (Å²) in [7, 11) is 0. The quantitative estimate of drug-likeness (QED) is 0.313. The Bertz CT molecular complexity index is 866. The second-order valence-corrected chi connectivity index (χ2v) is 6.80. The summed E-state index contributed by atoms with van der Waals surface area (Å²) >= 11 is 3.55. The lowest BCUT2D eigenvalue weighted by Gasteiger charge is -2.36. The number of halogens is 1. The van der Waals surface area contributed by atoms with Crippen molar-refractivity contribution in [3.63, 3.8) is 0 Å². The minimum Gasteiger partial charge on any atom is -0.253 e. The molecule has 0 N–H and O–H groups in total. The molecule has 0 spiro atoms. The van der Waals surface area contributed by atoms with Gasteiger partial charge in [0.2, 0.25) is 0 Å². The van der Waals surface area contributed by atoms with Gasteiger partial charge in [0.25, 0.3) is 0 Å². The zero-order valence-corrected chi connectivity index (χ0v) is 15.9. The van der Waals surface area contributed by atoms with Crippen molar-refractivity contribution in [2.75, 3.05) is 0 Å². The first kappa shape index (κ1) is 16.8. The Balaban J connectivity index is 2.10. The molecule has 0 radical (unpaired) electrons. The number of benzene rings is 3. The van der Waals surface area contributed by atoms with Gasteiger partial charge >= 0.3 is 0 Å². The third-order valence-corrected chi connectivity index (χ3v) is 5.36. The summed E-state index contributed by atoms with van der Waals surface area (Å²) in [6, 6.07) is 31.7. The Kier molecular flexibility index (Phi) is 4.72. The summed E-state index contributed by atoms with van der Waals surface area (Å²) in [5, 5.41) is 5.55.